The Kier molecular flexibility index (Phi) is 5.75. The maximum atomic E-state index is 12.2. The van der Waals surface area contributed by atoms with Crippen LogP contribution in [0.5, 0.6) is 5.75 Å². The molecule has 0 saturated carbocycles. The van der Waals surface area contributed by atoms with Gasteiger partial charge in [0.2, 0.25) is 0 Å². The van der Waals surface area contributed by atoms with Gasteiger partial charge in [-0.1, -0.05) is 26.0 Å². The van der Waals surface area contributed by atoms with Gasteiger partial charge >= 0.3 is 6.09 Å². The van der Waals surface area contributed by atoms with Gasteiger partial charge in [-0.25, -0.2) is 4.79 Å². The summed E-state index contributed by atoms with van der Waals surface area (Å²) in [6.07, 6.45) is -0.590. The van der Waals surface area contributed by atoms with Crippen molar-refractivity contribution < 1.29 is 19.4 Å². The zero-order valence-corrected chi connectivity index (χ0v) is 15.3. The summed E-state index contributed by atoms with van der Waals surface area (Å²) in [5, 5.41) is 9.63. The lowest BCUT2D eigenvalue weighted by Gasteiger charge is -2.24. The number of amides is 1. The van der Waals surface area contributed by atoms with Gasteiger partial charge in [-0.3, -0.25) is 0 Å². The summed E-state index contributed by atoms with van der Waals surface area (Å²) in [4.78, 5) is 13.8. The summed E-state index contributed by atoms with van der Waals surface area (Å²) in [6, 6.07) is 7.98. The standard InChI is InChI=1S/C19H29NO4/c1-13(2)14-7-6-8-16(9-14)23-17-11-20(10-15(17)12-21)18(22)24-19(3,4)5/h6-9,13,15,17,21H,10-12H2,1-5H3/t15-,17+/m1/s1. The molecule has 1 N–H and O–H groups in total. The molecule has 1 aromatic rings. The molecule has 24 heavy (non-hydrogen) atoms. The van der Waals surface area contributed by atoms with Crippen molar-refractivity contribution in [3.63, 3.8) is 0 Å². The van der Waals surface area contributed by atoms with E-state index in [2.05, 4.69) is 19.9 Å². The maximum absolute atomic E-state index is 12.2. The van der Waals surface area contributed by atoms with Crippen LogP contribution in [-0.4, -0.2) is 47.5 Å². The highest BCUT2D eigenvalue weighted by atomic mass is 16.6. The second-order valence-corrected chi connectivity index (χ2v) is 7.71. The van der Waals surface area contributed by atoms with Crippen molar-refractivity contribution in [3.05, 3.63) is 29.8 Å². The van der Waals surface area contributed by atoms with Gasteiger partial charge in [-0.2, -0.15) is 0 Å². The minimum atomic E-state index is -0.531. The van der Waals surface area contributed by atoms with E-state index in [4.69, 9.17) is 9.47 Å². The predicted molar refractivity (Wildman–Crippen MR) is 93.3 cm³/mol. The minimum absolute atomic E-state index is 0.0200. The first-order valence-electron chi connectivity index (χ1n) is 8.55. The number of carbonyl (C=O) groups excluding carboxylic acids is 1. The Morgan fingerprint density at radius 2 is 2.04 bits per heavy atom. The fourth-order valence-electron chi connectivity index (χ4n) is 2.75. The third-order valence-corrected chi connectivity index (χ3v) is 4.08. The molecule has 1 aliphatic heterocycles. The molecule has 1 amide bonds. The molecule has 2 rings (SSSR count). The summed E-state index contributed by atoms with van der Waals surface area (Å²) < 4.78 is 11.5. The molecule has 5 heteroatoms. The lowest BCUT2D eigenvalue weighted by Crippen LogP contribution is -2.36. The van der Waals surface area contributed by atoms with Crippen LogP contribution < -0.4 is 4.74 Å². The Balaban J connectivity index is 2.05. The van der Waals surface area contributed by atoms with Crippen molar-refractivity contribution in [2.75, 3.05) is 19.7 Å². The van der Waals surface area contributed by atoms with Crippen molar-refractivity contribution >= 4 is 6.09 Å². The number of nitrogens with zero attached hydrogens (tertiary/aromatic N) is 1. The summed E-state index contributed by atoms with van der Waals surface area (Å²) in [5.74, 6) is 1.08. The number of aliphatic hydroxyl groups is 1. The number of ether oxygens (including phenoxy) is 2. The van der Waals surface area contributed by atoms with Crippen LogP contribution in [0.25, 0.3) is 0 Å². The maximum Gasteiger partial charge on any atom is 0.410 e. The fourth-order valence-corrected chi connectivity index (χ4v) is 2.75. The Labute approximate surface area is 144 Å². The van der Waals surface area contributed by atoms with Crippen LogP contribution in [0.2, 0.25) is 0 Å². The second kappa shape index (κ2) is 7.43. The number of aliphatic hydroxyl groups excluding tert-OH is 1. The quantitative estimate of drug-likeness (QED) is 0.916. The highest BCUT2D eigenvalue weighted by Crippen LogP contribution is 2.26. The summed E-state index contributed by atoms with van der Waals surface area (Å²) in [6.45, 7) is 10.6. The van der Waals surface area contributed by atoms with Crippen molar-refractivity contribution in [3.8, 4) is 5.75 Å². The van der Waals surface area contributed by atoms with Gasteiger partial charge in [0.15, 0.2) is 0 Å². The molecule has 1 heterocycles. The van der Waals surface area contributed by atoms with Gasteiger partial charge in [0.05, 0.1) is 13.2 Å². The Morgan fingerprint density at radius 3 is 2.62 bits per heavy atom. The van der Waals surface area contributed by atoms with E-state index in [1.54, 1.807) is 4.90 Å². The molecule has 1 aliphatic rings. The zero-order chi connectivity index (χ0) is 17.9. The molecule has 0 bridgehead atoms. The molecule has 5 nitrogen and oxygen atoms in total. The van der Waals surface area contributed by atoms with E-state index >= 15 is 0 Å². The topological polar surface area (TPSA) is 59.0 Å². The molecular weight excluding hydrogens is 306 g/mol. The lowest BCUT2D eigenvalue weighted by atomic mass is 10.0. The fraction of sp³-hybridized carbons (Fsp3) is 0.632. The molecule has 1 aromatic carbocycles. The van der Waals surface area contributed by atoms with E-state index in [0.717, 1.165) is 5.75 Å². The largest absolute Gasteiger partial charge is 0.488 e. The van der Waals surface area contributed by atoms with Crippen LogP contribution in [0.1, 0.15) is 46.1 Å². The molecule has 0 spiro atoms. The van der Waals surface area contributed by atoms with E-state index < -0.39 is 5.60 Å². The average Bonchev–Trinajstić information content (AvgIpc) is 2.89. The number of rotatable bonds is 4. The van der Waals surface area contributed by atoms with Crippen molar-refractivity contribution in [1.29, 1.82) is 0 Å². The minimum Gasteiger partial charge on any atom is -0.488 e. The van der Waals surface area contributed by atoms with Crippen LogP contribution in [0, 0.1) is 5.92 Å². The van der Waals surface area contributed by atoms with E-state index in [-0.39, 0.29) is 24.7 Å². The predicted octanol–water partition coefficient (Wildman–Crippen LogP) is 3.42. The molecular formula is C19H29NO4. The SMILES string of the molecule is CC(C)c1cccc(O[C@H]2CN(C(=O)OC(C)(C)C)C[C@@H]2CO)c1. The van der Waals surface area contributed by atoms with Crippen LogP contribution >= 0.6 is 0 Å². The van der Waals surface area contributed by atoms with E-state index in [1.165, 1.54) is 5.56 Å². The van der Waals surface area contributed by atoms with Gasteiger partial charge in [-0.15, -0.1) is 0 Å². The zero-order valence-electron chi connectivity index (χ0n) is 15.3. The first-order valence-corrected chi connectivity index (χ1v) is 8.55. The normalized spacial score (nSPS) is 21.2. The second-order valence-electron chi connectivity index (χ2n) is 7.71. The summed E-state index contributed by atoms with van der Waals surface area (Å²) in [7, 11) is 0. The van der Waals surface area contributed by atoms with Gasteiger partial charge in [0.25, 0.3) is 0 Å². The average molecular weight is 335 g/mol. The molecule has 134 valence electrons. The van der Waals surface area contributed by atoms with Crippen LogP contribution in [0.3, 0.4) is 0 Å². The van der Waals surface area contributed by atoms with E-state index in [0.29, 0.717) is 19.0 Å². The highest BCUT2D eigenvalue weighted by Gasteiger charge is 2.38. The van der Waals surface area contributed by atoms with Gasteiger partial charge < -0.3 is 19.5 Å². The van der Waals surface area contributed by atoms with Gasteiger partial charge in [0, 0.05) is 12.5 Å². The number of hydrogen-bond acceptors (Lipinski definition) is 4. The summed E-state index contributed by atoms with van der Waals surface area (Å²) >= 11 is 0. The highest BCUT2D eigenvalue weighted by molar-refractivity contribution is 5.68. The summed E-state index contributed by atoms with van der Waals surface area (Å²) in [5.41, 5.74) is 0.672. The molecule has 0 unspecified atom stereocenters. The smallest absolute Gasteiger partial charge is 0.410 e. The Hall–Kier alpha value is -1.75. The van der Waals surface area contributed by atoms with Crippen LogP contribution in [0.4, 0.5) is 4.79 Å². The Bertz CT molecular complexity index is 565. The van der Waals surface area contributed by atoms with Gasteiger partial charge in [-0.05, 0) is 44.4 Å². The molecule has 2 atom stereocenters. The third-order valence-electron chi connectivity index (χ3n) is 4.08. The van der Waals surface area contributed by atoms with Crippen molar-refractivity contribution in [2.45, 2.75) is 52.2 Å². The first-order chi connectivity index (χ1) is 11.2. The number of likely N-dealkylation sites (tertiary alicyclic amines) is 1. The molecule has 1 fully saturated rings. The van der Waals surface area contributed by atoms with Crippen molar-refractivity contribution in [1.82, 2.24) is 4.90 Å². The number of benzene rings is 1. The molecule has 0 aliphatic carbocycles. The van der Waals surface area contributed by atoms with Crippen molar-refractivity contribution in [2.24, 2.45) is 5.92 Å². The molecule has 1 saturated heterocycles. The number of hydrogen-bond donors (Lipinski definition) is 1. The Morgan fingerprint density at radius 1 is 1.33 bits per heavy atom. The first kappa shape index (κ1) is 18.6. The monoisotopic (exact) mass is 335 g/mol. The molecule has 0 aromatic heterocycles. The van der Waals surface area contributed by atoms with Crippen LogP contribution in [0.15, 0.2) is 24.3 Å². The lowest BCUT2D eigenvalue weighted by molar-refractivity contribution is 0.0274. The van der Waals surface area contributed by atoms with Gasteiger partial charge in [0.1, 0.15) is 17.5 Å². The molecule has 0 radical (unpaired) electrons. The third kappa shape index (κ3) is 4.87. The number of carbonyl (C=O) groups is 1. The van der Waals surface area contributed by atoms with Crippen LogP contribution in [-0.2, 0) is 4.74 Å². The van der Waals surface area contributed by atoms with E-state index in [1.807, 2.05) is 39.0 Å². The van der Waals surface area contributed by atoms with E-state index in [9.17, 15) is 9.90 Å².